The van der Waals surface area contributed by atoms with Gasteiger partial charge in [0.2, 0.25) is 5.91 Å². The monoisotopic (exact) mass is 265 g/mol. The highest BCUT2D eigenvalue weighted by Gasteiger charge is 2.11. The Balaban J connectivity index is 2.64. The third kappa shape index (κ3) is 4.87. The predicted molar refractivity (Wildman–Crippen MR) is 74.2 cm³/mol. The summed E-state index contributed by atoms with van der Waals surface area (Å²) in [5.41, 5.74) is 6.47. The van der Waals surface area contributed by atoms with E-state index in [2.05, 4.69) is 10.6 Å². The minimum Gasteiger partial charge on any atom is -0.478 e. The number of amides is 1. The summed E-state index contributed by atoms with van der Waals surface area (Å²) in [6.07, 6.45) is 0. The van der Waals surface area contributed by atoms with Gasteiger partial charge in [0.15, 0.2) is 0 Å². The molecule has 104 valence electrons. The Morgan fingerprint density at radius 2 is 2.05 bits per heavy atom. The van der Waals surface area contributed by atoms with E-state index in [0.717, 1.165) is 0 Å². The zero-order valence-corrected chi connectivity index (χ0v) is 11.1. The lowest BCUT2D eigenvalue weighted by Gasteiger charge is -2.11. The van der Waals surface area contributed by atoms with Crippen molar-refractivity contribution in [2.75, 3.05) is 24.1 Å². The summed E-state index contributed by atoms with van der Waals surface area (Å²) in [7, 11) is 0. The van der Waals surface area contributed by atoms with Gasteiger partial charge in [0.1, 0.15) is 0 Å². The number of benzene rings is 1. The maximum atomic E-state index is 11.5. The number of anilines is 2. The summed E-state index contributed by atoms with van der Waals surface area (Å²) >= 11 is 0. The van der Waals surface area contributed by atoms with E-state index in [4.69, 9.17) is 10.8 Å². The maximum Gasteiger partial charge on any atom is 0.337 e. The van der Waals surface area contributed by atoms with Gasteiger partial charge in [0.05, 0.1) is 17.8 Å². The molecule has 0 unspecified atom stereocenters. The van der Waals surface area contributed by atoms with E-state index in [1.165, 1.54) is 18.2 Å². The third-order valence-electron chi connectivity index (χ3n) is 2.42. The van der Waals surface area contributed by atoms with Gasteiger partial charge in [-0.05, 0) is 24.1 Å². The van der Waals surface area contributed by atoms with Crippen molar-refractivity contribution in [3.63, 3.8) is 0 Å². The molecule has 0 heterocycles. The summed E-state index contributed by atoms with van der Waals surface area (Å²) in [5, 5.41) is 14.5. The summed E-state index contributed by atoms with van der Waals surface area (Å²) < 4.78 is 0. The Kier molecular flexibility index (Phi) is 5.17. The molecule has 1 aromatic carbocycles. The highest BCUT2D eigenvalue weighted by Crippen LogP contribution is 2.18. The van der Waals surface area contributed by atoms with Gasteiger partial charge in [-0.25, -0.2) is 4.79 Å². The highest BCUT2D eigenvalue weighted by molar-refractivity contribution is 5.95. The van der Waals surface area contributed by atoms with Gasteiger partial charge in [-0.15, -0.1) is 0 Å². The van der Waals surface area contributed by atoms with Crippen LogP contribution in [0.15, 0.2) is 18.2 Å². The van der Waals surface area contributed by atoms with Crippen LogP contribution in [0.4, 0.5) is 11.4 Å². The third-order valence-corrected chi connectivity index (χ3v) is 2.42. The van der Waals surface area contributed by atoms with Crippen LogP contribution in [0, 0.1) is 5.92 Å². The number of nitrogen functional groups attached to an aromatic ring is 1. The lowest BCUT2D eigenvalue weighted by molar-refractivity contribution is -0.119. The van der Waals surface area contributed by atoms with Crippen LogP contribution in [0.3, 0.4) is 0 Å². The standard InChI is InChI=1S/C13H19N3O3/c1-8(2)6-16-12(17)7-15-11-5-9(14)3-4-10(11)13(18)19/h3-5,8,15H,6-7,14H2,1-2H3,(H,16,17)(H,18,19). The molecule has 1 aromatic rings. The number of carboxylic acids is 1. The Labute approximate surface area is 112 Å². The predicted octanol–water partition coefficient (Wildman–Crippen LogP) is 1.15. The number of rotatable bonds is 6. The summed E-state index contributed by atoms with van der Waals surface area (Å²) in [6.45, 7) is 4.59. The van der Waals surface area contributed by atoms with Crippen LogP contribution in [0.25, 0.3) is 0 Å². The first kappa shape index (κ1) is 14.8. The number of carbonyl (C=O) groups excluding carboxylic acids is 1. The van der Waals surface area contributed by atoms with Crippen LogP contribution in [0.5, 0.6) is 0 Å². The molecule has 1 rings (SSSR count). The zero-order chi connectivity index (χ0) is 14.4. The van der Waals surface area contributed by atoms with E-state index in [1.807, 2.05) is 13.8 Å². The van der Waals surface area contributed by atoms with Gasteiger partial charge >= 0.3 is 5.97 Å². The summed E-state index contributed by atoms with van der Waals surface area (Å²) in [4.78, 5) is 22.5. The Morgan fingerprint density at radius 3 is 2.63 bits per heavy atom. The lowest BCUT2D eigenvalue weighted by atomic mass is 10.1. The number of nitrogens with one attached hydrogen (secondary N) is 2. The number of aromatic carboxylic acids is 1. The van der Waals surface area contributed by atoms with Crippen LogP contribution >= 0.6 is 0 Å². The smallest absolute Gasteiger partial charge is 0.337 e. The van der Waals surface area contributed by atoms with Crippen LogP contribution in [-0.4, -0.2) is 30.1 Å². The first-order valence-corrected chi connectivity index (χ1v) is 6.03. The van der Waals surface area contributed by atoms with Crippen molar-refractivity contribution in [3.05, 3.63) is 23.8 Å². The highest BCUT2D eigenvalue weighted by atomic mass is 16.4. The molecule has 0 aromatic heterocycles. The number of hydrogen-bond donors (Lipinski definition) is 4. The van der Waals surface area contributed by atoms with E-state index in [-0.39, 0.29) is 18.0 Å². The largest absolute Gasteiger partial charge is 0.478 e. The Hall–Kier alpha value is -2.24. The maximum absolute atomic E-state index is 11.5. The Bertz CT molecular complexity index is 472. The van der Waals surface area contributed by atoms with Gasteiger partial charge < -0.3 is 21.5 Å². The fraction of sp³-hybridized carbons (Fsp3) is 0.385. The van der Waals surface area contributed by atoms with E-state index in [1.54, 1.807) is 0 Å². The van der Waals surface area contributed by atoms with Crippen LogP contribution in [0.1, 0.15) is 24.2 Å². The van der Waals surface area contributed by atoms with Gasteiger partial charge in [0.25, 0.3) is 0 Å². The zero-order valence-electron chi connectivity index (χ0n) is 11.1. The number of carbonyl (C=O) groups is 2. The average molecular weight is 265 g/mol. The molecular formula is C13H19N3O3. The molecule has 0 fully saturated rings. The minimum absolute atomic E-state index is 0.0104. The molecule has 0 radical (unpaired) electrons. The van der Waals surface area contributed by atoms with Crippen molar-refractivity contribution >= 4 is 23.3 Å². The van der Waals surface area contributed by atoms with Gasteiger partial charge in [-0.1, -0.05) is 13.8 Å². The second-order valence-electron chi connectivity index (χ2n) is 4.66. The number of nitrogens with two attached hydrogens (primary N) is 1. The van der Waals surface area contributed by atoms with Crippen molar-refractivity contribution in [2.24, 2.45) is 5.92 Å². The molecule has 19 heavy (non-hydrogen) atoms. The molecule has 0 saturated heterocycles. The lowest BCUT2D eigenvalue weighted by Crippen LogP contribution is -2.32. The molecule has 0 aliphatic carbocycles. The molecule has 1 amide bonds. The van der Waals surface area contributed by atoms with Crippen molar-refractivity contribution in [1.29, 1.82) is 0 Å². The van der Waals surface area contributed by atoms with E-state index >= 15 is 0 Å². The molecule has 0 spiro atoms. The molecular weight excluding hydrogens is 246 g/mol. The first-order valence-electron chi connectivity index (χ1n) is 6.03. The van der Waals surface area contributed by atoms with E-state index < -0.39 is 5.97 Å². The Morgan fingerprint density at radius 1 is 1.37 bits per heavy atom. The summed E-state index contributed by atoms with van der Waals surface area (Å²) in [6, 6.07) is 4.42. The molecule has 0 atom stereocenters. The molecule has 6 heteroatoms. The molecule has 5 N–H and O–H groups in total. The van der Waals surface area contributed by atoms with Crippen LogP contribution < -0.4 is 16.4 Å². The van der Waals surface area contributed by atoms with Crippen molar-refractivity contribution in [1.82, 2.24) is 5.32 Å². The molecule has 0 aliphatic rings. The quantitative estimate of drug-likeness (QED) is 0.578. The van der Waals surface area contributed by atoms with Crippen molar-refractivity contribution < 1.29 is 14.7 Å². The second-order valence-corrected chi connectivity index (χ2v) is 4.66. The summed E-state index contributed by atoms with van der Waals surface area (Å²) in [5.74, 6) is -0.886. The van der Waals surface area contributed by atoms with E-state index in [9.17, 15) is 9.59 Å². The van der Waals surface area contributed by atoms with Crippen molar-refractivity contribution in [2.45, 2.75) is 13.8 Å². The van der Waals surface area contributed by atoms with Gasteiger partial charge in [-0.2, -0.15) is 0 Å². The van der Waals surface area contributed by atoms with Crippen LogP contribution in [0.2, 0.25) is 0 Å². The molecule has 0 aliphatic heterocycles. The molecule has 6 nitrogen and oxygen atoms in total. The van der Waals surface area contributed by atoms with Gasteiger partial charge in [-0.3, -0.25) is 4.79 Å². The fourth-order valence-electron chi connectivity index (χ4n) is 1.45. The second kappa shape index (κ2) is 6.63. The minimum atomic E-state index is -1.06. The van der Waals surface area contributed by atoms with E-state index in [0.29, 0.717) is 23.8 Å². The normalized spacial score (nSPS) is 10.3. The van der Waals surface area contributed by atoms with Gasteiger partial charge in [0, 0.05) is 12.2 Å². The average Bonchev–Trinajstić information content (AvgIpc) is 2.33. The number of hydrogen-bond acceptors (Lipinski definition) is 4. The SMILES string of the molecule is CC(C)CNC(=O)CNc1cc(N)ccc1C(=O)O. The first-order chi connectivity index (χ1) is 8.90. The van der Waals surface area contributed by atoms with Crippen molar-refractivity contribution in [3.8, 4) is 0 Å². The fourth-order valence-corrected chi connectivity index (χ4v) is 1.45. The number of carboxylic acid groups (broad SMARTS) is 1. The molecule has 0 saturated carbocycles. The topological polar surface area (TPSA) is 104 Å². The molecule has 0 bridgehead atoms. The van der Waals surface area contributed by atoms with Crippen LogP contribution in [-0.2, 0) is 4.79 Å².